The second-order valence-electron chi connectivity index (χ2n) is 5.55. The van der Waals surface area contributed by atoms with Crippen LogP contribution >= 0.6 is 0 Å². The van der Waals surface area contributed by atoms with Crippen LogP contribution in [0.25, 0.3) is 11.3 Å². The summed E-state index contributed by atoms with van der Waals surface area (Å²) in [5, 5.41) is 0. The highest BCUT2D eigenvalue weighted by atomic mass is 14.9. The Bertz CT molecular complexity index is 673. The molecule has 0 saturated heterocycles. The molecule has 0 unspecified atom stereocenters. The number of pyridine rings is 1. The topological polar surface area (TPSA) is 3.88 Å². The number of aromatic nitrogens is 1. The third kappa shape index (κ3) is 2.86. The molecule has 0 radical (unpaired) electrons. The predicted octanol–water partition coefficient (Wildman–Crippen LogP) is 3.99. The van der Waals surface area contributed by atoms with Gasteiger partial charge >= 0.3 is 0 Å². The SMILES string of the molecule is [2H]C([2H])([2H])c1ccc(-c2ccccc2C)[n+](C)c1CC(C)C. The van der Waals surface area contributed by atoms with Gasteiger partial charge in [0, 0.05) is 27.7 Å². The summed E-state index contributed by atoms with van der Waals surface area (Å²) in [5.41, 5.74) is 4.75. The first-order valence-corrected chi connectivity index (χ1v) is 6.80. The van der Waals surface area contributed by atoms with Gasteiger partial charge in [0.2, 0.25) is 5.69 Å². The van der Waals surface area contributed by atoms with Gasteiger partial charge in [0.1, 0.15) is 7.05 Å². The van der Waals surface area contributed by atoms with E-state index in [-0.39, 0.29) is 0 Å². The maximum absolute atomic E-state index is 7.79. The average molecular weight is 257 g/mol. The van der Waals surface area contributed by atoms with Crippen molar-refractivity contribution in [3.05, 3.63) is 53.2 Å². The van der Waals surface area contributed by atoms with Crippen LogP contribution in [0.15, 0.2) is 36.4 Å². The van der Waals surface area contributed by atoms with Crippen LogP contribution in [0.5, 0.6) is 0 Å². The Morgan fingerprint density at radius 3 is 2.47 bits per heavy atom. The molecule has 100 valence electrons. The molecule has 19 heavy (non-hydrogen) atoms. The van der Waals surface area contributed by atoms with E-state index in [1.807, 2.05) is 29.8 Å². The molecule has 1 heteroatoms. The Morgan fingerprint density at radius 2 is 1.84 bits per heavy atom. The monoisotopic (exact) mass is 257 g/mol. The van der Waals surface area contributed by atoms with Crippen LogP contribution in [-0.2, 0) is 13.5 Å². The molecule has 0 aliphatic heterocycles. The van der Waals surface area contributed by atoms with E-state index in [0.717, 1.165) is 23.4 Å². The Kier molecular flexibility index (Phi) is 2.98. The second-order valence-corrected chi connectivity index (χ2v) is 5.55. The van der Waals surface area contributed by atoms with Crippen LogP contribution in [0.3, 0.4) is 0 Å². The van der Waals surface area contributed by atoms with E-state index in [9.17, 15) is 0 Å². The molecule has 1 aromatic carbocycles. The molecular weight excluding hydrogens is 230 g/mol. The van der Waals surface area contributed by atoms with Gasteiger partial charge in [0.05, 0.1) is 0 Å². The zero-order valence-electron chi connectivity index (χ0n) is 15.2. The summed E-state index contributed by atoms with van der Waals surface area (Å²) in [4.78, 5) is 0. The van der Waals surface area contributed by atoms with Gasteiger partial charge in [-0.25, -0.2) is 0 Å². The summed E-state index contributed by atoms with van der Waals surface area (Å²) >= 11 is 0. The van der Waals surface area contributed by atoms with Crippen LogP contribution in [0.2, 0.25) is 0 Å². The third-order valence-corrected chi connectivity index (χ3v) is 3.51. The summed E-state index contributed by atoms with van der Waals surface area (Å²) < 4.78 is 25.4. The van der Waals surface area contributed by atoms with E-state index in [4.69, 9.17) is 4.11 Å². The Labute approximate surface area is 121 Å². The first-order valence-electron chi connectivity index (χ1n) is 8.30. The van der Waals surface area contributed by atoms with Gasteiger partial charge in [-0.1, -0.05) is 32.0 Å². The van der Waals surface area contributed by atoms with Gasteiger partial charge in [-0.2, -0.15) is 4.57 Å². The van der Waals surface area contributed by atoms with E-state index in [0.29, 0.717) is 11.5 Å². The highest BCUT2D eigenvalue weighted by Crippen LogP contribution is 2.21. The van der Waals surface area contributed by atoms with Gasteiger partial charge in [0.15, 0.2) is 5.69 Å². The lowest BCUT2D eigenvalue weighted by Crippen LogP contribution is -2.38. The molecule has 0 aliphatic carbocycles. The molecular formula is C18H24N+. The molecule has 0 aliphatic rings. The molecule has 0 spiro atoms. The van der Waals surface area contributed by atoms with Crippen molar-refractivity contribution in [1.82, 2.24) is 0 Å². The van der Waals surface area contributed by atoms with Gasteiger partial charge in [-0.3, -0.25) is 0 Å². The Hall–Kier alpha value is -1.63. The van der Waals surface area contributed by atoms with E-state index in [2.05, 4.69) is 32.9 Å². The van der Waals surface area contributed by atoms with Crippen molar-refractivity contribution in [3.8, 4) is 11.3 Å². The van der Waals surface area contributed by atoms with Crippen LogP contribution in [0.4, 0.5) is 0 Å². The first kappa shape index (κ1) is 10.2. The quantitative estimate of drug-likeness (QED) is 0.732. The van der Waals surface area contributed by atoms with Crippen molar-refractivity contribution < 1.29 is 8.68 Å². The molecule has 0 N–H and O–H groups in total. The summed E-state index contributed by atoms with van der Waals surface area (Å²) in [6.07, 6.45) is 0.754. The number of hydrogen-bond donors (Lipinski definition) is 0. The molecule has 2 rings (SSSR count). The van der Waals surface area contributed by atoms with Crippen LogP contribution in [0.1, 0.15) is 34.8 Å². The fourth-order valence-electron chi connectivity index (χ4n) is 2.46. The molecule has 1 nitrogen and oxygen atoms in total. The maximum Gasteiger partial charge on any atom is 0.212 e. The molecule has 0 bridgehead atoms. The third-order valence-electron chi connectivity index (χ3n) is 3.51. The van der Waals surface area contributed by atoms with Gasteiger partial charge in [0.25, 0.3) is 0 Å². The zero-order valence-corrected chi connectivity index (χ0v) is 12.2. The number of nitrogens with zero attached hydrogens (tertiary/aromatic N) is 1. The van der Waals surface area contributed by atoms with Gasteiger partial charge in [-0.15, -0.1) is 0 Å². The van der Waals surface area contributed by atoms with Crippen LogP contribution in [0, 0.1) is 19.7 Å². The van der Waals surface area contributed by atoms with Gasteiger partial charge in [-0.05, 0) is 37.4 Å². The van der Waals surface area contributed by atoms with Crippen LogP contribution < -0.4 is 4.57 Å². The molecule has 2 aromatic rings. The Morgan fingerprint density at radius 1 is 1.11 bits per heavy atom. The van der Waals surface area contributed by atoms with Crippen molar-refractivity contribution in [3.63, 3.8) is 0 Å². The van der Waals surface area contributed by atoms with Gasteiger partial charge < -0.3 is 0 Å². The highest BCUT2D eigenvalue weighted by Gasteiger charge is 2.19. The molecule has 0 atom stereocenters. The van der Waals surface area contributed by atoms with E-state index < -0.39 is 6.85 Å². The minimum Gasteiger partial charge on any atom is -0.198 e. The predicted molar refractivity (Wildman–Crippen MR) is 81.1 cm³/mol. The lowest BCUT2D eigenvalue weighted by Gasteiger charge is -2.11. The molecule has 1 aromatic heterocycles. The highest BCUT2D eigenvalue weighted by molar-refractivity contribution is 5.60. The zero-order chi connectivity index (χ0) is 16.5. The van der Waals surface area contributed by atoms with Crippen molar-refractivity contribution >= 4 is 0 Å². The minimum absolute atomic E-state index is 0.402. The van der Waals surface area contributed by atoms with E-state index in [1.54, 1.807) is 6.07 Å². The van der Waals surface area contributed by atoms with E-state index in [1.165, 1.54) is 5.56 Å². The average Bonchev–Trinajstić information content (AvgIpc) is 2.40. The number of benzene rings is 1. The first-order chi connectivity index (χ1) is 10.2. The second kappa shape index (κ2) is 5.56. The van der Waals surface area contributed by atoms with Crippen LogP contribution in [-0.4, -0.2) is 0 Å². The van der Waals surface area contributed by atoms with Crippen molar-refractivity contribution in [2.24, 2.45) is 13.0 Å². The lowest BCUT2D eigenvalue weighted by molar-refractivity contribution is -0.668. The fraction of sp³-hybridized carbons (Fsp3) is 0.389. The molecule has 0 fully saturated rings. The number of rotatable bonds is 3. The normalized spacial score (nSPS) is 14.1. The fourth-order valence-corrected chi connectivity index (χ4v) is 2.46. The summed E-state index contributed by atoms with van der Waals surface area (Å²) in [6.45, 7) is 4.23. The summed E-state index contributed by atoms with van der Waals surface area (Å²) in [6, 6.07) is 11.9. The summed E-state index contributed by atoms with van der Waals surface area (Å²) in [7, 11) is 1.97. The van der Waals surface area contributed by atoms with E-state index >= 15 is 0 Å². The summed E-state index contributed by atoms with van der Waals surface area (Å²) in [5.74, 6) is 0.402. The smallest absolute Gasteiger partial charge is 0.198 e. The lowest BCUT2D eigenvalue weighted by atomic mass is 10.00. The Balaban J connectivity index is 2.67. The van der Waals surface area contributed by atoms with Crippen molar-refractivity contribution in [2.45, 2.75) is 34.0 Å². The maximum atomic E-state index is 7.79. The molecule has 0 saturated carbocycles. The standard InChI is InChI=1S/C18H24N/c1-13(2)12-18-15(4)10-11-17(19(18)5)16-9-7-6-8-14(16)3/h6-11,13H,12H2,1-5H3/q+1/i4D3. The van der Waals surface area contributed by atoms with Crippen molar-refractivity contribution in [2.75, 3.05) is 0 Å². The number of hydrogen-bond acceptors (Lipinski definition) is 0. The van der Waals surface area contributed by atoms with Crippen molar-refractivity contribution in [1.29, 1.82) is 0 Å². The minimum atomic E-state index is -2.08. The largest absolute Gasteiger partial charge is 0.212 e. The number of aryl methyl sites for hydroxylation is 2. The molecule has 1 heterocycles. The molecule has 0 amide bonds.